The number of nitrogens with zero attached hydrogens (tertiary/aromatic N) is 2. The molecule has 0 saturated carbocycles. The lowest BCUT2D eigenvalue weighted by Crippen LogP contribution is -2.57. The van der Waals surface area contributed by atoms with Gasteiger partial charge < -0.3 is 9.64 Å². The lowest BCUT2D eigenvalue weighted by molar-refractivity contribution is -0.140. The Kier molecular flexibility index (Phi) is 4.33. The Bertz CT molecular complexity index is 543. The average molecular weight is 297 g/mol. The highest BCUT2D eigenvalue weighted by molar-refractivity contribution is 7.13. The van der Waals surface area contributed by atoms with Crippen LogP contribution in [0.25, 0.3) is 0 Å². The standard InChI is InChI=1S/C12H15N3O4S/c1-7-11(18)14-9(16)5-15(7)12-13-8(6-20-12)3-4-10(17)19-2/h6-7H,3-5H2,1-2H3,(H,14,16,18). The van der Waals surface area contributed by atoms with Crippen molar-refractivity contribution in [2.45, 2.75) is 25.8 Å². The number of hydrogen-bond donors (Lipinski definition) is 1. The van der Waals surface area contributed by atoms with Crippen molar-refractivity contribution in [1.82, 2.24) is 10.3 Å². The molecular formula is C12H15N3O4S. The van der Waals surface area contributed by atoms with E-state index in [1.54, 1.807) is 11.8 Å². The van der Waals surface area contributed by atoms with E-state index in [0.29, 0.717) is 11.6 Å². The maximum absolute atomic E-state index is 11.6. The monoisotopic (exact) mass is 297 g/mol. The summed E-state index contributed by atoms with van der Waals surface area (Å²) in [5.74, 6) is -0.951. The van der Waals surface area contributed by atoms with Crippen molar-refractivity contribution < 1.29 is 19.1 Å². The molecule has 1 unspecified atom stereocenters. The van der Waals surface area contributed by atoms with Gasteiger partial charge in [-0.25, -0.2) is 4.98 Å². The third-order valence-electron chi connectivity index (χ3n) is 3.02. The molecule has 0 radical (unpaired) electrons. The number of rotatable bonds is 4. The molecule has 108 valence electrons. The lowest BCUT2D eigenvalue weighted by Gasteiger charge is -2.31. The first kappa shape index (κ1) is 14.4. The number of aromatic nitrogens is 1. The van der Waals surface area contributed by atoms with Crippen LogP contribution in [0, 0.1) is 0 Å². The maximum Gasteiger partial charge on any atom is 0.305 e. The zero-order chi connectivity index (χ0) is 14.7. The summed E-state index contributed by atoms with van der Waals surface area (Å²) in [5, 5.41) is 4.71. The zero-order valence-electron chi connectivity index (χ0n) is 11.2. The van der Waals surface area contributed by atoms with Crippen LogP contribution in [0.2, 0.25) is 0 Å². The molecule has 2 heterocycles. The summed E-state index contributed by atoms with van der Waals surface area (Å²) in [6.07, 6.45) is 0.736. The van der Waals surface area contributed by atoms with E-state index < -0.39 is 6.04 Å². The SMILES string of the molecule is COC(=O)CCc1csc(N2CC(=O)NC(=O)C2C)n1. The molecule has 1 N–H and O–H groups in total. The summed E-state index contributed by atoms with van der Waals surface area (Å²) in [7, 11) is 1.34. The summed E-state index contributed by atoms with van der Waals surface area (Å²) in [4.78, 5) is 40.1. The predicted molar refractivity (Wildman–Crippen MR) is 72.4 cm³/mol. The number of carbonyl (C=O) groups excluding carboxylic acids is 3. The Morgan fingerprint density at radius 3 is 3.05 bits per heavy atom. The molecule has 1 saturated heterocycles. The Balaban J connectivity index is 2.05. The molecule has 2 rings (SSSR count). The average Bonchev–Trinajstić information content (AvgIpc) is 2.88. The number of nitrogens with one attached hydrogen (secondary N) is 1. The molecule has 2 amide bonds. The molecular weight excluding hydrogens is 282 g/mol. The van der Waals surface area contributed by atoms with Crippen molar-refractivity contribution in [2.75, 3.05) is 18.6 Å². The number of methoxy groups -OCH3 is 1. The van der Waals surface area contributed by atoms with Gasteiger partial charge >= 0.3 is 5.97 Å². The highest BCUT2D eigenvalue weighted by atomic mass is 32.1. The van der Waals surface area contributed by atoms with Crippen LogP contribution >= 0.6 is 11.3 Å². The second kappa shape index (κ2) is 6.00. The number of ether oxygens (including phenoxy) is 1. The second-order valence-corrected chi connectivity index (χ2v) is 5.25. The molecule has 0 aromatic carbocycles. The van der Waals surface area contributed by atoms with Crippen molar-refractivity contribution in [2.24, 2.45) is 0 Å². The van der Waals surface area contributed by atoms with Crippen LogP contribution in [0.4, 0.5) is 5.13 Å². The van der Waals surface area contributed by atoms with Crippen molar-refractivity contribution in [3.8, 4) is 0 Å². The normalized spacial score (nSPS) is 18.9. The number of imide groups is 1. The molecule has 0 aliphatic carbocycles. The second-order valence-electron chi connectivity index (χ2n) is 4.41. The minimum absolute atomic E-state index is 0.108. The Hall–Kier alpha value is -1.96. The molecule has 20 heavy (non-hydrogen) atoms. The van der Waals surface area contributed by atoms with Crippen molar-refractivity contribution >= 4 is 34.3 Å². The van der Waals surface area contributed by atoms with Crippen LogP contribution in [-0.4, -0.2) is 42.5 Å². The minimum atomic E-state index is -0.438. The van der Waals surface area contributed by atoms with E-state index in [-0.39, 0.29) is 30.7 Å². The highest BCUT2D eigenvalue weighted by Gasteiger charge is 2.31. The molecule has 0 spiro atoms. The van der Waals surface area contributed by atoms with Gasteiger partial charge in [0.1, 0.15) is 12.6 Å². The van der Waals surface area contributed by atoms with Crippen molar-refractivity contribution in [1.29, 1.82) is 0 Å². The molecule has 1 atom stereocenters. The van der Waals surface area contributed by atoms with Crippen LogP contribution in [0.15, 0.2) is 5.38 Å². The third kappa shape index (κ3) is 3.13. The van der Waals surface area contributed by atoms with Crippen molar-refractivity contribution in [3.05, 3.63) is 11.1 Å². The summed E-state index contributed by atoms with van der Waals surface area (Å²) in [6.45, 7) is 1.83. The van der Waals surface area contributed by atoms with Crippen LogP contribution in [0.3, 0.4) is 0 Å². The van der Waals surface area contributed by atoms with Gasteiger partial charge in [-0.05, 0) is 6.92 Å². The molecule has 8 heteroatoms. The number of hydrogen-bond acceptors (Lipinski definition) is 7. The van der Waals surface area contributed by atoms with E-state index >= 15 is 0 Å². The first-order valence-electron chi connectivity index (χ1n) is 6.13. The van der Waals surface area contributed by atoms with Gasteiger partial charge in [-0.15, -0.1) is 11.3 Å². The minimum Gasteiger partial charge on any atom is -0.469 e. The fraction of sp³-hybridized carbons (Fsp3) is 0.500. The first-order valence-corrected chi connectivity index (χ1v) is 7.00. The van der Waals surface area contributed by atoms with E-state index in [1.807, 2.05) is 5.38 Å². The topological polar surface area (TPSA) is 88.6 Å². The smallest absolute Gasteiger partial charge is 0.305 e. The van der Waals surface area contributed by atoms with Crippen LogP contribution < -0.4 is 10.2 Å². The largest absolute Gasteiger partial charge is 0.469 e. The lowest BCUT2D eigenvalue weighted by atomic mass is 10.2. The number of amides is 2. The number of esters is 1. The fourth-order valence-electron chi connectivity index (χ4n) is 1.82. The molecule has 0 bridgehead atoms. The van der Waals surface area contributed by atoms with Gasteiger partial charge in [0, 0.05) is 11.8 Å². The molecule has 1 aliphatic heterocycles. The van der Waals surface area contributed by atoms with Crippen molar-refractivity contribution in [3.63, 3.8) is 0 Å². The third-order valence-corrected chi connectivity index (χ3v) is 3.95. The van der Waals surface area contributed by atoms with Gasteiger partial charge in [-0.2, -0.15) is 0 Å². The van der Waals surface area contributed by atoms with Gasteiger partial charge in [0.2, 0.25) is 11.8 Å². The molecule has 1 fully saturated rings. The quantitative estimate of drug-likeness (QED) is 0.626. The van der Waals surface area contributed by atoms with Gasteiger partial charge in [-0.1, -0.05) is 0 Å². The van der Waals surface area contributed by atoms with Gasteiger partial charge in [0.05, 0.1) is 19.2 Å². The number of piperazine rings is 1. The van der Waals surface area contributed by atoms with Crippen LogP contribution in [0.5, 0.6) is 0 Å². The van der Waals surface area contributed by atoms with Gasteiger partial charge in [0.15, 0.2) is 5.13 Å². The van der Waals surface area contributed by atoms with Gasteiger partial charge in [0.25, 0.3) is 0 Å². The Morgan fingerprint density at radius 1 is 1.60 bits per heavy atom. The number of carbonyl (C=O) groups is 3. The number of aryl methyl sites for hydroxylation is 1. The Morgan fingerprint density at radius 2 is 2.35 bits per heavy atom. The summed E-state index contributed by atoms with van der Waals surface area (Å²) >= 11 is 1.35. The molecule has 1 aromatic rings. The molecule has 1 aliphatic rings. The first-order chi connectivity index (χ1) is 9.51. The van der Waals surface area contributed by atoms with Crippen LogP contribution in [-0.2, 0) is 25.5 Å². The molecule has 1 aromatic heterocycles. The fourth-order valence-corrected chi connectivity index (χ4v) is 2.76. The number of thiazole rings is 1. The summed E-state index contributed by atoms with van der Waals surface area (Å²) < 4.78 is 4.57. The predicted octanol–water partition coefficient (Wildman–Crippen LogP) is 0.1000. The van der Waals surface area contributed by atoms with E-state index in [9.17, 15) is 14.4 Å². The maximum atomic E-state index is 11.6. The number of anilines is 1. The van der Waals surface area contributed by atoms with Crippen LogP contribution in [0.1, 0.15) is 19.0 Å². The highest BCUT2D eigenvalue weighted by Crippen LogP contribution is 2.24. The van der Waals surface area contributed by atoms with E-state index in [1.165, 1.54) is 18.4 Å². The summed E-state index contributed by atoms with van der Waals surface area (Å²) in [6, 6.07) is -0.438. The summed E-state index contributed by atoms with van der Waals surface area (Å²) in [5.41, 5.74) is 0.751. The van der Waals surface area contributed by atoms with Gasteiger partial charge in [-0.3, -0.25) is 19.7 Å². The Labute approximate surface area is 119 Å². The molecule has 7 nitrogen and oxygen atoms in total. The van der Waals surface area contributed by atoms with E-state index in [0.717, 1.165) is 5.69 Å². The van der Waals surface area contributed by atoms with E-state index in [2.05, 4.69) is 15.0 Å². The van der Waals surface area contributed by atoms with E-state index in [4.69, 9.17) is 0 Å². The zero-order valence-corrected chi connectivity index (χ0v) is 12.0.